The second-order valence-corrected chi connectivity index (χ2v) is 6.94. The van der Waals surface area contributed by atoms with Gasteiger partial charge in [0.05, 0.1) is 24.4 Å². The maximum absolute atomic E-state index is 12.4. The monoisotopic (exact) mass is 317 g/mol. The Bertz CT molecular complexity index is 653. The first-order chi connectivity index (χ1) is 9.85. The first-order valence-corrected chi connectivity index (χ1v) is 8.07. The summed E-state index contributed by atoms with van der Waals surface area (Å²) in [5.74, 6) is -2.26. The Balaban J connectivity index is 2.28. The number of carbonyl (C=O) groups excluding carboxylic acids is 1. The lowest BCUT2D eigenvalue weighted by molar-refractivity contribution is 0.0623. The van der Waals surface area contributed by atoms with Gasteiger partial charge in [-0.25, -0.2) is 18.2 Å². The molecule has 1 aromatic rings. The standard InChI is InChI=1S/C11H15N3O6S/c15-3-2-14(7-1-4-21(19,20)5-7)10(16)8-9(11(17)18)13-6-12-8/h6-7,15H,1-5H2,(H,12,13)(H,17,18). The van der Waals surface area contributed by atoms with Crippen LogP contribution < -0.4 is 0 Å². The van der Waals surface area contributed by atoms with Crippen LogP contribution in [-0.2, 0) is 9.84 Å². The molecule has 2 rings (SSSR count). The molecule has 1 fully saturated rings. The van der Waals surface area contributed by atoms with Crippen LogP contribution in [0, 0.1) is 0 Å². The first-order valence-electron chi connectivity index (χ1n) is 6.24. The second kappa shape index (κ2) is 5.82. The van der Waals surface area contributed by atoms with Crippen molar-refractivity contribution in [3.8, 4) is 0 Å². The van der Waals surface area contributed by atoms with E-state index in [0.29, 0.717) is 0 Å². The Labute approximate surface area is 120 Å². The van der Waals surface area contributed by atoms with Crippen LogP contribution in [0.5, 0.6) is 0 Å². The average molecular weight is 317 g/mol. The van der Waals surface area contributed by atoms with Gasteiger partial charge in [0.2, 0.25) is 0 Å². The summed E-state index contributed by atoms with van der Waals surface area (Å²) in [6, 6.07) is -0.576. The molecule has 0 radical (unpaired) electrons. The third-order valence-electron chi connectivity index (χ3n) is 3.31. The number of nitrogens with zero attached hydrogens (tertiary/aromatic N) is 2. The van der Waals surface area contributed by atoms with Gasteiger partial charge >= 0.3 is 5.97 Å². The fourth-order valence-electron chi connectivity index (χ4n) is 2.33. The summed E-state index contributed by atoms with van der Waals surface area (Å²) >= 11 is 0. The fraction of sp³-hybridized carbons (Fsp3) is 0.545. The maximum Gasteiger partial charge on any atom is 0.354 e. The number of imidazole rings is 1. The normalized spacial score (nSPS) is 20.3. The third kappa shape index (κ3) is 3.22. The molecule has 9 nitrogen and oxygen atoms in total. The Morgan fingerprint density at radius 1 is 1.48 bits per heavy atom. The van der Waals surface area contributed by atoms with Crippen LogP contribution in [0.15, 0.2) is 6.33 Å². The molecular weight excluding hydrogens is 302 g/mol. The third-order valence-corrected chi connectivity index (χ3v) is 5.06. The summed E-state index contributed by atoms with van der Waals surface area (Å²) in [7, 11) is -3.21. The highest BCUT2D eigenvalue weighted by atomic mass is 32.2. The molecule has 0 saturated carbocycles. The van der Waals surface area contributed by atoms with E-state index in [9.17, 15) is 18.0 Å². The van der Waals surface area contributed by atoms with E-state index < -0.39 is 27.8 Å². The van der Waals surface area contributed by atoms with Crippen LogP contribution in [0.3, 0.4) is 0 Å². The quantitative estimate of drug-likeness (QED) is 0.615. The van der Waals surface area contributed by atoms with Gasteiger partial charge in [-0.1, -0.05) is 0 Å². The van der Waals surface area contributed by atoms with Crippen molar-refractivity contribution in [3.63, 3.8) is 0 Å². The Morgan fingerprint density at radius 2 is 2.19 bits per heavy atom. The predicted molar refractivity (Wildman–Crippen MR) is 70.7 cm³/mol. The molecule has 3 N–H and O–H groups in total. The zero-order valence-electron chi connectivity index (χ0n) is 11.0. The highest BCUT2D eigenvalue weighted by Crippen LogP contribution is 2.20. The number of amides is 1. The molecule has 1 aromatic heterocycles. The van der Waals surface area contributed by atoms with Crippen LogP contribution in [0.2, 0.25) is 0 Å². The highest BCUT2D eigenvalue weighted by molar-refractivity contribution is 7.91. The summed E-state index contributed by atoms with van der Waals surface area (Å²) in [4.78, 5) is 30.6. The summed E-state index contributed by atoms with van der Waals surface area (Å²) in [6.07, 6.45) is 1.35. The Hall–Kier alpha value is -1.94. The van der Waals surface area contributed by atoms with Crippen LogP contribution in [0.25, 0.3) is 0 Å². The van der Waals surface area contributed by atoms with Gasteiger partial charge in [-0.05, 0) is 6.42 Å². The van der Waals surface area contributed by atoms with E-state index in [1.54, 1.807) is 0 Å². The molecule has 0 aliphatic carbocycles. The zero-order valence-corrected chi connectivity index (χ0v) is 11.8. The van der Waals surface area contributed by atoms with E-state index >= 15 is 0 Å². The molecule has 10 heteroatoms. The van der Waals surface area contributed by atoms with Gasteiger partial charge < -0.3 is 20.1 Å². The summed E-state index contributed by atoms with van der Waals surface area (Å²) in [5, 5.41) is 18.0. The van der Waals surface area contributed by atoms with Crippen molar-refractivity contribution >= 4 is 21.7 Å². The molecule has 0 bridgehead atoms. The maximum atomic E-state index is 12.4. The topological polar surface area (TPSA) is 141 Å². The van der Waals surface area contributed by atoms with E-state index in [-0.39, 0.29) is 42.5 Å². The molecule has 1 amide bonds. The zero-order chi connectivity index (χ0) is 15.6. The van der Waals surface area contributed by atoms with Crippen molar-refractivity contribution in [1.29, 1.82) is 0 Å². The number of aliphatic hydroxyl groups excluding tert-OH is 1. The second-order valence-electron chi connectivity index (χ2n) is 4.71. The van der Waals surface area contributed by atoms with E-state index in [1.165, 1.54) is 4.90 Å². The number of aromatic carboxylic acids is 1. The van der Waals surface area contributed by atoms with Gasteiger partial charge in [0.15, 0.2) is 21.2 Å². The van der Waals surface area contributed by atoms with Crippen molar-refractivity contribution in [1.82, 2.24) is 14.9 Å². The molecule has 116 valence electrons. The molecule has 0 aromatic carbocycles. The number of aromatic nitrogens is 2. The lowest BCUT2D eigenvalue weighted by Crippen LogP contribution is -2.43. The summed E-state index contributed by atoms with van der Waals surface area (Å²) < 4.78 is 23.0. The SMILES string of the molecule is O=C(O)c1[nH]cnc1C(=O)N(CCO)C1CCS(=O)(=O)C1. The highest BCUT2D eigenvalue weighted by Gasteiger charge is 2.36. The largest absolute Gasteiger partial charge is 0.477 e. The van der Waals surface area contributed by atoms with Crippen molar-refractivity contribution in [2.45, 2.75) is 12.5 Å². The number of carbonyl (C=O) groups is 2. The first kappa shape index (κ1) is 15.4. The minimum absolute atomic E-state index is 0.0285. The van der Waals surface area contributed by atoms with Crippen LogP contribution in [0.1, 0.15) is 27.4 Å². The number of rotatable bonds is 5. The molecule has 21 heavy (non-hydrogen) atoms. The van der Waals surface area contributed by atoms with E-state index in [2.05, 4.69) is 9.97 Å². The van der Waals surface area contributed by atoms with Crippen molar-refractivity contribution in [2.75, 3.05) is 24.7 Å². The number of aliphatic hydroxyl groups is 1. The number of aromatic amines is 1. The minimum atomic E-state index is -3.21. The van der Waals surface area contributed by atoms with Gasteiger partial charge in [0.1, 0.15) is 0 Å². The smallest absolute Gasteiger partial charge is 0.354 e. The Morgan fingerprint density at radius 3 is 2.71 bits per heavy atom. The molecule has 1 unspecified atom stereocenters. The lowest BCUT2D eigenvalue weighted by atomic mass is 10.2. The summed E-state index contributed by atoms with van der Waals surface area (Å²) in [5.41, 5.74) is -0.649. The molecule has 2 heterocycles. The van der Waals surface area contributed by atoms with Gasteiger partial charge in [-0.15, -0.1) is 0 Å². The van der Waals surface area contributed by atoms with Crippen molar-refractivity contribution in [3.05, 3.63) is 17.7 Å². The number of carboxylic acid groups (broad SMARTS) is 1. The van der Waals surface area contributed by atoms with Crippen molar-refractivity contribution in [2.24, 2.45) is 0 Å². The fourth-order valence-corrected chi connectivity index (χ4v) is 4.07. The van der Waals surface area contributed by atoms with E-state index in [0.717, 1.165) is 6.33 Å². The minimum Gasteiger partial charge on any atom is -0.477 e. The van der Waals surface area contributed by atoms with Crippen LogP contribution in [0.4, 0.5) is 0 Å². The van der Waals surface area contributed by atoms with E-state index in [4.69, 9.17) is 10.2 Å². The number of H-pyrrole nitrogens is 1. The van der Waals surface area contributed by atoms with Gasteiger partial charge in [-0.2, -0.15) is 0 Å². The molecule has 1 aliphatic rings. The molecule has 1 aliphatic heterocycles. The van der Waals surface area contributed by atoms with Crippen LogP contribution in [-0.4, -0.2) is 76.1 Å². The molecule has 1 saturated heterocycles. The number of carboxylic acids is 1. The Kier molecular flexibility index (Phi) is 4.28. The number of hydrogen-bond acceptors (Lipinski definition) is 6. The van der Waals surface area contributed by atoms with Gasteiger partial charge in [-0.3, -0.25) is 4.79 Å². The molecule has 0 spiro atoms. The lowest BCUT2D eigenvalue weighted by Gasteiger charge is -2.26. The molecular formula is C11H15N3O6S. The predicted octanol–water partition coefficient (Wildman–Crippen LogP) is -1.27. The number of nitrogens with one attached hydrogen (secondary N) is 1. The number of hydrogen-bond donors (Lipinski definition) is 3. The molecule has 1 atom stereocenters. The van der Waals surface area contributed by atoms with Gasteiger partial charge in [0.25, 0.3) is 5.91 Å². The number of sulfone groups is 1. The average Bonchev–Trinajstić information content (AvgIpc) is 3.01. The van der Waals surface area contributed by atoms with Crippen molar-refractivity contribution < 1.29 is 28.2 Å². The van der Waals surface area contributed by atoms with Gasteiger partial charge in [0, 0.05) is 12.6 Å². The van der Waals surface area contributed by atoms with Crippen LogP contribution >= 0.6 is 0 Å². The summed E-state index contributed by atoms with van der Waals surface area (Å²) in [6.45, 7) is -0.431. The van der Waals surface area contributed by atoms with E-state index in [1.807, 2.05) is 0 Å².